The van der Waals surface area contributed by atoms with Gasteiger partial charge in [0.25, 0.3) is 0 Å². The smallest absolute Gasteiger partial charge is 0.345 e. The molecule has 0 aliphatic rings. The van der Waals surface area contributed by atoms with E-state index in [4.69, 9.17) is 27.9 Å². The molecule has 3 aromatic rings. The molecule has 4 nitrogen and oxygen atoms in total. The van der Waals surface area contributed by atoms with Gasteiger partial charge in [0.1, 0.15) is 0 Å². The Morgan fingerprint density at radius 2 is 1.88 bits per heavy atom. The quantitative estimate of drug-likeness (QED) is 0.529. The van der Waals surface area contributed by atoms with Crippen molar-refractivity contribution in [2.75, 3.05) is 0 Å². The van der Waals surface area contributed by atoms with E-state index in [0.29, 0.717) is 27.2 Å². The second-order valence-electron chi connectivity index (χ2n) is 5.94. The van der Waals surface area contributed by atoms with Gasteiger partial charge in [-0.15, -0.1) is 0 Å². The van der Waals surface area contributed by atoms with Crippen molar-refractivity contribution in [2.45, 2.75) is 26.7 Å². The molecule has 134 valence electrons. The second kappa shape index (κ2) is 7.94. The average Bonchev–Trinajstić information content (AvgIpc) is 3.00. The number of esters is 1. The van der Waals surface area contributed by atoms with E-state index in [1.165, 1.54) is 0 Å². The average molecular weight is 389 g/mol. The Balaban J connectivity index is 1.99. The summed E-state index contributed by atoms with van der Waals surface area (Å²) in [6.07, 6.45) is 1.72. The minimum Gasteiger partial charge on any atom is -0.404 e. The highest BCUT2D eigenvalue weighted by molar-refractivity contribution is 6.42. The van der Waals surface area contributed by atoms with Gasteiger partial charge >= 0.3 is 5.97 Å². The summed E-state index contributed by atoms with van der Waals surface area (Å²) in [5, 5.41) is 5.41. The van der Waals surface area contributed by atoms with Gasteiger partial charge in [-0.3, -0.25) is 0 Å². The topological polar surface area (TPSA) is 44.1 Å². The van der Waals surface area contributed by atoms with Crippen molar-refractivity contribution < 1.29 is 9.53 Å². The number of aryl methyl sites for hydroxylation is 2. The predicted molar refractivity (Wildman–Crippen MR) is 104 cm³/mol. The first-order valence-corrected chi connectivity index (χ1v) is 9.07. The lowest BCUT2D eigenvalue weighted by Crippen LogP contribution is -2.13. The molecular formula is C20H18Cl2N2O2. The maximum absolute atomic E-state index is 12.6. The Bertz CT molecular complexity index is 951. The zero-order chi connectivity index (χ0) is 18.7. The number of carbonyl (C=O) groups is 1. The molecule has 0 saturated heterocycles. The lowest BCUT2D eigenvalue weighted by atomic mass is 10.1. The Hall–Kier alpha value is -2.30. The first-order valence-electron chi connectivity index (χ1n) is 8.31. The molecule has 0 unspecified atom stereocenters. The first kappa shape index (κ1) is 18.5. The minimum atomic E-state index is -0.424. The molecule has 0 N–H and O–H groups in total. The summed E-state index contributed by atoms with van der Waals surface area (Å²) in [5.41, 5.74) is 2.89. The fraction of sp³-hybridized carbons (Fsp3) is 0.200. The lowest BCUT2D eigenvalue weighted by Gasteiger charge is -2.09. The largest absolute Gasteiger partial charge is 0.404 e. The van der Waals surface area contributed by atoms with Crippen LogP contribution in [0.5, 0.6) is 5.88 Å². The van der Waals surface area contributed by atoms with Crippen LogP contribution in [0.25, 0.3) is 5.69 Å². The molecule has 3 rings (SSSR count). The summed E-state index contributed by atoms with van der Waals surface area (Å²) in [5.74, 6) is -0.0764. The standard InChI is InChI=1S/C20H18Cl2N2O2/c1-3-6-14-11-19(26-20(25)16-8-5-4-7-13(16)2)24(23-14)15-9-10-17(21)18(22)12-15/h4-5,7-12H,3,6H2,1-2H3. The number of benzene rings is 2. The molecule has 0 amide bonds. The highest BCUT2D eigenvalue weighted by Gasteiger charge is 2.17. The molecule has 0 bridgehead atoms. The molecule has 0 aliphatic heterocycles. The third-order valence-corrected chi connectivity index (χ3v) is 4.68. The van der Waals surface area contributed by atoms with Crippen molar-refractivity contribution in [3.05, 3.63) is 75.4 Å². The maximum Gasteiger partial charge on any atom is 0.345 e. The van der Waals surface area contributed by atoms with Crippen molar-refractivity contribution in [2.24, 2.45) is 0 Å². The number of carbonyl (C=O) groups excluding carboxylic acids is 1. The van der Waals surface area contributed by atoms with Crippen molar-refractivity contribution in [3.63, 3.8) is 0 Å². The van der Waals surface area contributed by atoms with E-state index in [1.54, 1.807) is 35.0 Å². The van der Waals surface area contributed by atoms with Crippen LogP contribution in [0.1, 0.15) is 35.0 Å². The zero-order valence-corrected chi connectivity index (χ0v) is 16.0. The van der Waals surface area contributed by atoms with Crippen LogP contribution < -0.4 is 4.74 Å². The first-order chi connectivity index (χ1) is 12.5. The molecule has 1 heterocycles. The molecule has 0 spiro atoms. The van der Waals surface area contributed by atoms with Crippen LogP contribution in [0, 0.1) is 6.92 Å². The van der Waals surface area contributed by atoms with Crippen LogP contribution in [0.4, 0.5) is 0 Å². The molecule has 0 aliphatic carbocycles. The van der Waals surface area contributed by atoms with Gasteiger partial charge in [-0.05, 0) is 43.2 Å². The molecule has 0 saturated carbocycles. The summed E-state index contributed by atoms with van der Waals surface area (Å²) >= 11 is 12.1. The SMILES string of the molecule is CCCc1cc(OC(=O)c2ccccc2C)n(-c2ccc(Cl)c(Cl)c2)n1. The highest BCUT2D eigenvalue weighted by atomic mass is 35.5. The van der Waals surface area contributed by atoms with Gasteiger partial charge in [-0.25, -0.2) is 9.48 Å². The Morgan fingerprint density at radius 3 is 2.58 bits per heavy atom. The Labute approximate surface area is 162 Å². The van der Waals surface area contributed by atoms with E-state index >= 15 is 0 Å². The van der Waals surface area contributed by atoms with E-state index in [9.17, 15) is 4.79 Å². The van der Waals surface area contributed by atoms with Crippen LogP contribution >= 0.6 is 23.2 Å². The number of nitrogens with zero attached hydrogens (tertiary/aromatic N) is 2. The normalized spacial score (nSPS) is 10.8. The number of hydrogen-bond donors (Lipinski definition) is 0. The van der Waals surface area contributed by atoms with Crippen LogP contribution in [-0.4, -0.2) is 15.7 Å². The van der Waals surface area contributed by atoms with Crippen LogP contribution in [0.3, 0.4) is 0 Å². The van der Waals surface area contributed by atoms with E-state index < -0.39 is 5.97 Å². The van der Waals surface area contributed by atoms with Crippen LogP contribution in [-0.2, 0) is 6.42 Å². The predicted octanol–water partition coefficient (Wildman–Crippen LogP) is 5.66. The summed E-state index contributed by atoms with van der Waals surface area (Å²) in [7, 11) is 0. The van der Waals surface area contributed by atoms with Gasteiger partial charge in [-0.2, -0.15) is 5.10 Å². The summed E-state index contributed by atoms with van der Waals surface area (Å²) in [6, 6.07) is 14.2. The molecule has 26 heavy (non-hydrogen) atoms. The second-order valence-corrected chi connectivity index (χ2v) is 6.75. The van der Waals surface area contributed by atoms with Crippen LogP contribution in [0.15, 0.2) is 48.5 Å². The lowest BCUT2D eigenvalue weighted by molar-refractivity contribution is 0.0722. The molecule has 1 aromatic heterocycles. The van der Waals surface area contributed by atoms with Gasteiger partial charge in [0.15, 0.2) is 0 Å². The third-order valence-electron chi connectivity index (χ3n) is 3.94. The molecule has 0 fully saturated rings. The zero-order valence-electron chi connectivity index (χ0n) is 14.5. The highest BCUT2D eigenvalue weighted by Crippen LogP contribution is 2.28. The molecule has 0 radical (unpaired) electrons. The number of aromatic nitrogens is 2. The van der Waals surface area contributed by atoms with E-state index in [0.717, 1.165) is 24.1 Å². The summed E-state index contributed by atoms with van der Waals surface area (Å²) in [4.78, 5) is 12.6. The van der Waals surface area contributed by atoms with Crippen molar-refractivity contribution >= 4 is 29.2 Å². The fourth-order valence-electron chi connectivity index (χ4n) is 2.61. The minimum absolute atomic E-state index is 0.347. The fourth-order valence-corrected chi connectivity index (χ4v) is 2.91. The maximum atomic E-state index is 12.6. The van der Waals surface area contributed by atoms with Crippen LogP contribution in [0.2, 0.25) is 10.0 Å². The Morgan fingerprint density at radius 1 is 1.12 bits per heavy atom. The molecule has 0 atom stereocenters. The monoisotopic (exact) mass is 388 g/mol. The van der Waals surface area contributed by atoms with E-state index in [2.05, 4.69) is 12.0 Å². The number of halogens is 2. The van der Waals surface area contributed by atoms with Crippen molar-refractivity contribution in [1.82, 2.24) is 9.78 Å². The van der Waals surface area contributed by atoms with Crippen molar-refractivity contribution in [3.8, 4) is 11.6 Å². The van der Waals surface area contributed by atoms with E-state index in [-0.39, 0.29) is 0 Å². The van der Waals surface area contributed by atoms with Gasteiger partial charge in [0.2, 0.25) is 5.88 Å². The molecule has 2 aromatic carbocycles. The van der Waals surface area contributed by atoms with Gasteiger partial charge < -0.3 is 4.74 Å². The molecule has 6 heteroatoms. The van der Waals surface area contributed by atoms with E-state index in [1.807, 2.05) is 25.1 Å². The third kappa shape index (κ3) is 3.92. The summed E-state index contributed by atoms with van der Waals surface area (Å²) in [6.45, 7) is 3.94. The van der Waals surface area contributed by atoms with Gasteiger partial charge in [-0.1, -0.05) is 54.7 Å². The molecular weight excluding hydrogens is 371 g/mol. The van der Waals surface area contributed by atoms with Gasteiger partial charge in [0.05, 0.1) is 27.0 Å². The summed E-state index contributed by atoms with van der Waals surface area (Å²) < 4.78 is 7.22. The number of hydrogen-bond acceptors (Lipinski definition) is 3. The van der Waals surface area contributed by atoms with Crippen molar-refractivity contribution in [1.29, 1.82) is 0 Å². The number of rotatable bonds is 5. The number of ether oxygens (including phenoxy) is 1. The van der Waals surface area contributed by atoms with Gasteiger partial charge in [0, 0.05) is 6.07 Å². The Kier molecular flexibility index (Phi) is 5.64.